The molecule has 206 valence electrons. The van der Waals surface area contributed by atoms with Crippen LogP contribution >= 0.6 is 7.52 Å². The van der Waals surface area contributed by atoms with E-state index in [1.54, 1.807) is 18.5 Å². The van der Waals surface area contributed by atoms with Crippen molar-refractivity contribution in [1.29, 1.82) is 0 Å². The predicted octanol–water partition coefficient (Wildman–Crippen LogP) is 4.18. The topological polar surface area (TPSA) is 136 Å². The average molecular weight is 553 g/mol. The van der Waals surface area contributed by atoms with Crippen molar-refractivity contribution in [2.24, 2.45) is 0 Å². The molecule has 1 aliphatic rings. The number of aromatic nitrogens is 4. The second-order valence-electron chi connectivity index (χ2n) is 9.48. The molecule has 3 heterocycles. The van der Waals surface area contributed by atoms with Gasteiger partial charge in [-0.25, -0.2) is 20.0 Å². The van der Waals surface area contributed by atoms with Crippen LogP contribution in [0.3, 0.4) is 0 Å². The molecule has 2 aromatic carbocycles. The molecular weight excluding hydrogens is 519 g/mol. The van der Waals surface area contributed by atoms with Gasteiger partial charge in [0.15, 0.2) is 17.8 Å². The molecule has 11 nitrogen and oxygen atoms in total. The van der Waals surface area contributed by atoms with Crippen LogP contribution < -0.4 is 15.3 Å². The van der Waals surface area contributed by atoms with Gasteiger partial charge in [0.25, 0.3) is 0 Å². The maximum absolute atomic E-state index is 14.4. The molecule has 0 amide bonds. The fourth-order valence-corrected chi connectivity index (χ4v) is 6.40. The zero-order valence-electron chi connectivity index (χ0n) is 21.9. The van der Waals surface area contributed by atoms with Crippen molar-refractivity contribution in [3.05, 3.63) is 78.9 Å². The molecule has 1 aliphatic heterocycles. The summed E-state index contributed by atoms with van der Waals surface area (Å²) in [5.74, 6) is 0.686. The van der Waals surface area contributed by atoms with E-state index in [1.165, 1.54) is 6.33 Å². The summed E-state index contributed by atoms with van der Waals surface area (Å²) in [5, 5.41) is 3.27. The molecule has 0 spiro atoms. The molecular formula is C27H33N6O5P. The van der Waals surface area contributed by atoms with E-state index >= 15 is 0 Å². The quantitative estimate of drug-likeness (QED) is 0.246. The fraction of sp³-hybridized carbons (Fsp3) is 0.370. The van der Waals surface area contributed by atoms with Crippen LogP contribution in [-0.4, -0.2) is 57.5 Å². The molecule has 2 aromatic heterocycles. The SMILES string of the molecule is C[C@H](Cn1cnc2c(N)ncnc21)OCP(=O)(NC(C1OCCO1)[C@@H](C)c1ccccc1)Oc1ccccc1. The van der Waals surface area contributed by atoms with Gasteiger partial charge in [0.2, 0.25) is 0 Å². The molecule has 0 saturated carbocycles. The van der Waals surface area contributed by atoms with Crippen molar-refractivity contribution in [2.75, 3.05) is 25.3 Å². The highest BCUT2D eigenvalue weighted by atomic mass is 31.2. The molecule has 2 unspecified atom stereocenters. The highest BCUT2D eigenvalue weighted by Gasteiger charge is 2.39. The van der Waals surface area contributed by atoms with E-state index in [9.17, 15) is 4.57 Å². The lowest BCUT2D eigenvalue weighted by atomic mass is 9.93. The lowest BCUT2D eigenvalue weighted by Crippen LogP contribution is -2.44. The molecule has 0 aliphatic carbocycles. The Labute approximate surface area is 227 Å². The summed E-state index contributed by atoms with van der Waals surface area (Å²) in [7, 11) is -3.63. The number of hydrogen-bond donors (Lipinski definition) is 2. The fourth-order valence-electron chi connectivity index (χ4n) is 4.51. The van der Waals surface area contributed by atoms with E-state index in [0.717, 1.165) is 5.56 Å². The molecule has 5 rings (SSSR count). The number of fused-ring (bicyclic) bond motifs is 1. The number of ether oxygens (including phenoxy) is 3. The Balaban J connectivity index is 1.35. The maximum atomic E-state index is 14.4. The summed E-state index contributed by atoms with van der Waals surface area (Å²) in [5.41, 5.74) is 8.10. The number of hydrogen-bond acceptors (Lipinski definition) is 9. The van der Waals surface area contributed by atoms with Crippen LogP contribution in [0.5, 0.6) is 5.75 Å². The van der Waals surface area contributed by atoms with Gasteiger partial charge in [-0.05, 0) is 24.6 Å². The van der Waals surface area contributed by atoms with E-state index in [2.05, 4.69) is 20.0 Å². The van der Waals surface area contributed by atoms with Crippen molar-refractivity contribution in [2.45, 2.75) is 44.7 Å². The third-order valence-electron chi connectivity index (χ3n) is 6.56. The summed E-state index contributed by atoms with van der Waals surface area (Å²) in [6, 6.07) is 18.6. The van der Waals surface area contributed by atoms with Crippen LogP contribution in [0.15, 0.2) is 73.3 Å². The normalized spacial score (nSPS) is 18.0. The molecule has 39 heavy (non-hydrogen) atoms. The number of benzene rings is 2. The van der Waals surface area contributed by atoms with E-state index in [0.29, 0.717) is 42.5 Å². The van der Waals surface area contributed by atoms with Gasteiger partial charge in [-0.1, -0.05) is 55.5 Å². The van der Waals surface area contributed by atoms with Crippen LogP contribution in [0.2, 0.25) is 0 Å². The minimum Gasteiger partial charge on any atom is -0.431 e. The van der Waals surface area contributed by atoms with Gasteiger partial charge in [-0.2, -0.15) is 0 Å². The number of anilines is 1. The van der Waals surface area contributed by atoms with Crippen molar-refractivity contribution in [3.8, 4) is 5.75 Å². The highest BCUT2D eigenvalue weighted by Crippen LogP contribution is 2.46. The molecule has 0 radical (unpaired) electrons. The zero-order valence-corrected chi connectivity index (χ0v) is 22.8. The lowest BCUT2D eigenvalue weighted by molar-refractivity contribution is -0.0680. The summed E-state index contributed by atoms with van der Waals surface area (Å²) in [4.78, 5) is 12.6. The Hall–Kier alpha value is -3.34. The summed E-state index contributed by atoms with van der Waals surface area (Å²) >= 11 is 0. The molecule has 1 fully saturated rings. The van der Waals surface area contributed by atoms with Gasteiger partial charge in [-0.3, -0.25) is 4.57 Å². The molecule has 4 aromatic rings. The van der Waals surface area contributed by atoms with Gasteiger partial charge in [0.1, 0.15) is 23.9 Å². The third kappa shape index (κ3) is 6.63. The minimum atomic E-state index is -3.63. The Kier molecular flexibility index (Phi) is 8.54. The number of para-hydroxylation sites is 1. The monoisotopic (exact) mass is 552 g/mol. The number of imidazole rings is 1. The van der Waals surface area contributed by atoms with Crippen LogP contribution in [0.4, 0.5) is 5.82 Å². The second-order valence-corrected chi connectivity index (χ2v) is 11.5. The van der Waals surface area contributed by atoms with Crippen LogP contribution in [0, 0.1) is 0 Å². The zero-order chi connectivity index (χ0) is 27.2. The van der Waals surface area contributed by atoms with Crippen LogP contribution in [0.25, 0.3) is 11.2 Å². The lowest BCUT2D eigenvalue weighted by Gasteiger charge is -2.33. The smallest absolute Gasteiger partial charge is 0.342 e. The van der Waals surface area contributed by atoms with Crippen molar-refractivity contribution < 1.29 is 23.3 Å². The Morgan fingerprint density at radius 3 is 2.46 bits per heavy atom. The largest absolute Gasteiger partial charge is 0.431 e. The first-order chi connectivity index (χ1) is 18.9. The van der Waals surface area contributed by atoms with E-state index in [1.807, 2.05) is 66.9 Å². The van der Waals surface area contributed by atoms with Crippen molar-refractivity contribution in [3.63, 3.8) is 0 Å². The number of nitrogens with two attached hydrogens (primary N) is 1. The highest BCUT2D eigenvalue weighted by molar-refractivity contribution is 7.57. The molecule has 1 saturated heterocycles. The van der Waals surface area contributed by atoms with Crippen molar-refractivity contribution in [1.82, 2.24) is 24.6 Å². The van der Waals surface area contributed by atoms with Gasteiger partial charge in [0.05, 0.1) is 38.2 Å². The van der Waals surface area contributed by atoms with E-state index in [-0.39, 0.29) is 18.4 Å². The van der Waals surface area contributed by atoms with Gasteiger partial charge < -0.3 is 29.0 Å². The predicted molar refractivity (Wildman–Crippen MR) is 147 cm³/mol. The first-order valence-electron chi connectivity index (χ1n) is 12.8. The average Bonchev–Trinajstić information content (AvgIpc) is 3.63. The Morgan fingerprint density at radius 1 is 1.05 bits per heavy atom. The first-order valence-corrected chi connectivity index (χ1v) is 14.7. The molecule has 0 bridgehead atoms. The number of rotatable bonds is 12. The first kappa shape index (κ1) is 27.2. The van der Waals surface area contributed by atoms with Crippen LogP contribution in [-0.2, 0) is 25.3 Å². The number of nitrogens with zero attached hydrogens (tertiary/aromatic N) is 4. The maximum Gasteiger partial charge on any atom is 0.342 e. The summed E-state index contributed by atoms with van der Waals surface area (Å²) in [6.45, 7) is 5.28. The van der Waals surface area contributed by atoms with Gasteiger partial charge in [0, 0.05) is 5.92 Å². The summed E-state index contributed by atoms with van der Waals surface area (Å²) < 4.78 is 40.2. The van der Waals surface area contributed by atoms with E-state index < -0.39 is 19.9 Å². The molecule has 4 atom stereocenters. The van der Waals surface area contributed by atoms with Crippen LogP contribution in [0.1, 0.15) is 25.3 Å². The standard InChI is InChI=1S/C27H33N6O5P/c1-19(15-33-17-31-24-25(28)29-16-30-26(24)33)37-18-39(34,38-22-11-7-4-8-12-22)32-23(27-35-13-14-36-27)20(2)21-9-5-3-6-10-21/h3-12,16-17,19-20,23,27H,13-15,18H2,1-2H3,(H,32,34)(H2,28,29,30)/t19-,20+,23?,39?/m1/s1. The number of nitrogen functional groups attached to an aromatic ring is 1. The second kappa shape index (κ2) is 12.2. The van der Waals surface area contributed by atoms with Gasteiger partial charge in [-0.15, -0.1) is 0 Å². The molecule has 12 heteroatoms. The molecule has 3 N–H and O–H groups in total. The number of nitrogens with one attached hydrogen (secondary N) is 1. The third-order valence-corrected chi connectivity index (χ3v) is 8.25. The van der Waals surface area contributed by atoms with Gasteiger partial charge >= 0.3 is 7.52 Å². The Bertz CT molecular complexity index is 1400. The Morgan fingerprint density at radius 2 is 1.74 bits per heavy atom. The van der Waals surface area contributed by atoms with E-state index in [4.69, 9.17) is 24.5 Å². The summed E-state index contributed by atoms with van der Waals surface area (Å²) in [6.07, 6.45) is 1.91. The van der Waals surface area contributed by atoms with Crippen molar-refractivity contribution >= 4 is 24.5 Å². The minimum absolute atomic E-state index is 0.0955.